The van der Waals surface area contributed by atoms with E-state index >= 15 is 0 Å². The molecule has 0 saturated heterocycles. The number of hydrogen-bond donors (Lipinski definition) is 3. The molecule has 4 rings (SSSR count). The first-order valence-corrected chi connectivity index (χ1v) is 11.7. The zero-order chi connectivity index (χ0) is 23.4. The molecular weight excluding hydrogens is 436 g/mol. The lowest BCUT2D eigenvalue weighted by Crippen LogP contribution is -2.41. The SMILES string of the molecule is Cc1cccc(-n2c(SCC(=O)NC(=O)NCC(C)C)nnc2-c2c[nH]c3ccccc23)c1. The molecule has 33 heavy (non-hydrogen) atoms. The molecule has 170 valence electrons. The summed E-state index contributed by atoms with van der Waals surface area (Å²) >= 11 is 1.23. The quantitative estimate of drug-likeness (QED) is 0.355. The molecule has 2 heterocycles. The Hall–Kier alpha value is -3.59. The second kappa shape index (κ2) is 9.91. The molecule has 9 heteroatoms. The van der Waals surface area contributed by atoms with Gasteiger partial charge in [-0.15, -0.1) is 10.2 Å². The maximum Gasteiger partial charge on any atom is 0.321 e. The first kappa shape index (κ1) is 22.6. The molecule has 4 aromatic rings. The van der Waals surface area contributed by atoms with Crippen molar-refractivity contribution in [2.75, 3.05) is 12.3 Å². The molecule has 0 fully saturated rings. The lowest BCUT2D eigenvalue weighted by Gasteiger charge is -2.11. The highest BCUT2D eigenvalue weighted by molar-refractivity contribution is 7.99. The molecular formula is C24H26N6O2S. The zero-order valence-electron chi connectivity index (χ0n) is 18.8. The number of thioether (sulfide) groups is 1. The van der Waals surface area contributed by atoms with Gasteiger partial charge in [-0.3, -0.25) is 14.7 Å². The summed E-state index contributed by atoms with van der Waals surface area (Å²) in [6.45, 7) is 6.50. The van der Waals surface area contributed by atoms with Gasteiger partial charge in [-0.2, -0.15) is 0 Å². The first-order valence-electron chi connectivity index (χ1n) is 10.7. The zero-order valence-corrected chi connectivity index (χ0v) is 19.6. The number of carbonyl (C=O) groups is 2. The summed E-state index contributed by atoms with van der Waals surface area (Å²) in [4.78, 5) is 27.5. The average Bonchev–Trinajstić information content (AvgIpc) is 3.40. The maximum atomic E-state index is 12.3. The molecule has 3 N–H and O–H groups in total. The molecule has 3 amide bonds. The summed E-state index contributed by atoms with van der Waals surface area (Å²) in [5.41, 5.74) is 3.93. The van der Waals surface area contributed by atoms with Crippen molar-refractivity contribution in [3.8, 4) is 17.1 Å². The number of fused-ring (bicyclic) bond motifs is 1. The van der Waals surface area contributed by atoms with Gasteiger partial charge in [-0.25, -0.2) is 4.79 Å². The fraction of sp³-hybridized carbons (Fsp3) is 0.250. The highest BCUT2D eigenvalue weighted by Gasteiger charge is 2.20. The number of aryl methyl sites for hydroxylation is 1. The van der Waals surface area contributed by atoms with Crippen molar-refractivity contribution >= 4 is 34.6 Å². The number of aromatic amines is 1. The van der Waals surface area contributed by atoms with Crippen LogP contribution in [0.5, 0.6) is 0 Å². The van der Waals surface area contributed by atoms with Gasteiger partial charge in [0.25, 0.3) is 0 Å². The second-order valence-electron chi connectivity index (χ2n) is 8.17. The molecule has 0 aliphatic carbocycles. The lowest BCUT2D eigenvalue weighted by molar-refractivity contribution is -0.117. The Bertz CT molecular complexity index is 1290. The molecule has 0 aliphatic heterocycles. The standard InChI is InChI=1S/C24H26N6O2S/c1-15(2)12-26-23(32)27-21(31)14-33-24-29-28-22(30(24)17-8-6-7-16(3)11-17)19-13-25-20-10-5-4-9-18(19)20/h4-11,13,15,25H,12,14H2,1-3H3,(H2,26,27,31,32). The number of rotatable bonds is 7. The maximum absolute atomic E-state index is 12.3. The fourth-order valence-electron chi connectivity index (χ4n) is 3.43. The van der Waals surface area contributed by atoms with E-state index < -0.39 is 11.9 Å². The topological polar surface area (TPSA) is 105 Å². The Morgan fingerprint density at radius 1 is 1.12 bits per heavy atom. The molecule has 2 aromatic heterocycles. The third kappa shape index (κ3) is 5.25. The van der Waals surface area contributed by atoms with Crippen LogP contribution >= 0.6 is 11.8 Å². The van der Waals surface area contributed by atoms with Gasteiger partial charge in [-0.1, -0.05) is 55.9 Å². The molecule has 0 unspecified atom stereocenters. The van der Waals surface area contributed by atoms with Gasteiger partial charge in [-0.05, 0) is 36.6 Å². The van der Waals surface area contributed by atoms with Crippen molar-refractivity contribution in [3.05, 3.63) is 60.3 Å². The summed E-state index contributed by atoms with van der Waals surface area (Å²) in [6, 6.07) is 15.5. The Kier molecular flexibility index (Phi) is 6.79. The summed E-state index contributed by atoms with van der Waals surface area (Å²) in [7, 11) is 0. The van der Waals surface area contributed by atoms with E-state index in [1.54, 1.807) is 0 Å². The lowest BCUT2D eigenvalue weighted by atomic mass is 10.1. The largest absolute Gasteiger partial charge is 0.360 e. The minimum Gasteiger partial charge on any atom is -0.360 e. The van der Waals surface area contributed by atoms with Crippen LogP contribution in [0.3, 0.4) is 0 Å². The number of imide groups is 1. The van der Waals surface area contributed by atoms with E-state index in [-0.39, 0.29) is 5.75 Å². The Morgan fingerprint density at radius 2 is 1.94 bits per heavy atom. The number of aromatic nitrogens is 4. The highest BCUT2D eigenvalue weighted by Crippen LogP contribution is 2.32. The van der Waals surface area contributed by atoms with E-state index in [9.17, 15) is 9.59 Å². The normalized spacial score (nSPS) is 11.2. The summed E-state index contributed by atoms with van der Waals surface area (Å²) in [6.07, 6.45) is 1.92. The van der Waals surface area contributed by atoms with Gasteiger partial charge < -0.3 is 10.3 Å². The molecule has 0 radical (unpaired) electrons. The van der Waals surface area contributed by atoms with Crippen molar-refractivity contribution in [2.45, 2.75) is 25.9 Å². The molecule has 0 saturated carbocycles. The number of hydrogen-bond acceptors (Lipinski definition) is 5. The van der Waals surface area contributed by atoms with Crippen LogP contribution in [0.4, 0.5) is 4.79 Å². The third-order valence-corrected chi connectivity index (χ3v) is 5.91. The summed E-state index contributed by atoms with van der Waals surface area (Å²) in [5, 5.41) is 15.5. The molecule has 0 aliphatic rings. The van der Waals surface area contributed by atoms with Crippen LogP contribution in [-0.4, -0.2) is 44.0 Å². The average molecular weight is 463 g/mol. The Morgan fingerprint density at radius 3 is 2.73 bits per heavy atom. The van der Waals surface area contributed by atoms with Crippen LogP contribution in [0, 0.1) is 12.8 Å². The van der Waals surface area contributed by atoms with Gasteiger partial charge in [0.05, 0.1) is 5.75 Å². The number of urea groups is 1. The van der Waals surface area contributed by atoms with Gasteiger partial charge in [0.2, 0.25) is 5.91 Å². The van der Waals surface area contributed by atoms with E-state index in [2.05, 4.69) is 25.8 Å². The van der Waals surface area contributed by atoms with Crippen LogP contribution in [0.25, 0.3) is 28.0 Å². The van der Waals surface area contributed by atoms with Gasteiger partial charge in [0.1, 0.15) is 0 Å². The summed E-state index contributed by atoms with van der Waals surface area (Å²) in [5.74, 6) is 0.618. The third-order valence-electron chi connectivity index (χ3n) is 4.98. The first-order chi connectivity index (χ1) is 15.9. The fourth-order valence-corrected chi connectivity index (χ4v) is 4.18. The number of para-hydroxylation sites is 1. The number of nitrogens with zero attached hydrogens (tertiary/aromatic N) is 3. The van der Waals surface area contributed by atoms with Gasteiger partial charge in [0.15, 0.2) is 11.0 Å². The minimum atomic E-state index is -0.492. The van der Waals surface area contributed by atoms with Crippen molar-refractivity contribution in [3.63, 3.8) is 0 Å². The molecule has 0 atom stereocenters. The Balaban J connectivity index is 1.61. The number of nitrogens with one attached hydrogen (secondary N) is 3. The molecule has 2 aromatic carbocycles. The van der Waals surface area contributed by atoms with Crippen molar-refractivity contribution in [2.24, 2.45) is 5.92 Å². The monoisotopic (exact) mass is 462 g/mol. The second-order valence-corrected chi connectivity index (χ2v) is 9.11. The number of benzene rings is 2. The van der Waals surface area contributed by atoms with Crippen LogP contribution in [0.1, 0.15) is 19.4 Å². The van der Waals surface area contributed by atoms with Gasteiger partial charge >= 0.3 is 6.03 Å². The van der Waals surface area contributed by atoms with Crippen LogP contribution in [-0.2, 0) is 4.79 Å². The Labute approximate surface area is 196 Å². The minimum absolute atomic E-state index is 0.0347. The number of amides is 3. The smallest absolute Gasteiger partial charge is 0.321 e. The number of H-pyrrole nitrogens is 1. The van der Waals surface area contributed by atoms with E-state index in [1.165, 1.54) is 11.8 Å². The molecule has 0 spiro atoms. The van der Waals surface area contributed by atoms with Crippen molar-refractivity contribution in [1.29, 1.82) is 0 Å². The van der Waals surface area contributed by atoms with E-state index in [0.717, 1.165) is 27.7 Å². The molecule has 0 bridgehead atoms. The number of carbonyl (C=O) groups excluding carboxylic acids is 2. The van der Waals surface area contributed by atoms with Gasteiger partial charge in [0, 0.05) is 34.9 Å². The molecule has 8 nitrogen and oxygen atoms in total. The van der Waals surface area contributed by atoms with Crippen molar-refractivity contribution in [1.82, 2.24) is 30.4 Å². The predicted molar refractivity (Wildman–Crippen MR) is 130 cm³/mol. The van der Waals surface area contributed by atoms with Crippen LogP contribution in [0.15, 0.2) is 59.9 Å². The van der Waals surface area contributed by atoms with Crippen molar-refractivity contribution < 1.29 is 9.59 Å². The predicted octanol–water partition coefficient (Wildman–Crippen LogP) is 4.30. The van der Waals surface area contributed by atoms with E-state index in [4.69, 9.17) is 0 Å². The van der Waals surface area contributed by atoms with Crippen LogP contribution < -0.4 is 10.6 Å². The van der Waals surface area contributed by atoms with E-state index in [0.29, 0.717) is 23.4 Å². The van der Waals surface area contributed by atoms with Crippen LogP contribution in [0.2, 0.25) is 0 Å². The summed E-state index contributed by atoms with van der Waals surface area (Å²) < 4.78 is 1.94. The highest BCUT2D eigenvalue weighted by atomic mass is 32.2. The van der Waals surface area contributed by atoms with E-state index in [1.807, 2.05) is 80.1 Å².